The Bertz CT molecular complexity index is 3230. The van der Waals surface area contributed by atoms with E-state index in [2.05, 4.69) is 90.4 Å². The largest absolute Gasteiger partial charge is 0.308 e. The van der Waals surface area contributed by atoms with E-state index >= 15 is 8.42 Å². The quantitative estimate of drug-likeness (QED) is 0.119. The molecule has 6 aromatic carbocycles. The summed E-state index contributed by atoms with van der Waals surface area (Å²) >= 11 is 0. The second kappa shape index (κ2) is 15.5. The molecule has 0 aliphatic heterocycles. The topological polar surface area (TPSA) is 113 Å². The van der Waals surface area contributed by atoms with Gasteiger partial charge in [-0.1, -0.05) is 159 Å². The van der Waals surface area contributed by atoms with Crippen LogP contribution in [0.4, 0.5) is 0 Å². The molecule has 4 heterocycles. The molecule has 0 unspecified atom stereocenters. The van der Waals surface area contributed by atoms with Crippen LogP contribution in [0, 0.1) is 13.8 Å². The Morgan fingerprint density at radius 1 is 0.645 bits per heavy atom. The van der Waals surface area contributed by atoms with Crippen LogP contribution in [0.2, 0.25) is 0 Å². The number of pyridine rings is 1. The van der Waals surface area contributed by atoms with Crippen LogP contribution >= 0.6 is 0 Å². The van der Waals surface area contributed by atoms with E-state index in [9.17, 15) is 0 Å². The van der Waals surface area contributed by atoms with Gasteiger partial charge in [-0.2, -0.15) is 0 Å². The summed E-state index contributed by atoms with van der Waals surface area (Å²) in [6.07, 6.45) is 0.761. The number of rotatable bonds is 11. The van der Waals surface area contributed by atoms with Crippen molar-refractivity contribution >= 4 is 32.1 Å². The number of fused-ring (bicyclic) bond motifs is 2. The Balaban J connectivity index is 1.25. The maximum atomic E-state index is 15.3. The van der Waals surface area contributed by atoms with E-state index in [1.54, 1.807) is 28.9 Å². The minimum atomic E-state index is -4.25. The number of hydrogen-bond donors (Lipinski definition) is 0. The summed E-state index contributed by atoms with van der Waals surface area (Å²) in [6, 6.07) is 56.8. The Hall–Kier alpha value is -7.50. The van der Waals surface area contributed by atoms with Gasteiger partial charge in [0.2, 0.25) is 5.82 Å². The van der Waals surface area contributed by atoms with E-state index < -0.39 is 15.6 Å². The molecule has 11 heteroatoms. The van der Waals surface area contributed by atoms with E-state index in [1.165, 1.54) is 3.97 Å². The molecule has 0 atom stereocenters. The Kier molecular flexibility index (Phi) is 9.68. The zero-order valence-corrected chi connectivity index (χ0v) is 35.3. The minimum Gasteiger partial charge on any atom is -0.308 e. The van der Waals surface area contributed by atoms with Gasteiger partial charge >= 0.3 is 0 Å². The molecule has 0 saturated carbocycles. The zero-order chi connectivity index (χ0) is 42.4. The molecule has 0 spiro atoms. The van der Waals surface area contributed by atoms with Gasteiger partial charge in [0.1, 0.15) is 22.6 Å². The summed E-state index contributed by atoms with van der Waals surface area (Å²) in [5, 5.41) is 14.8. The second-order valence-electron chi connectivity index (χ2n) is 15.5. The predicted octanol–water partition coefficient (Wildman–Crippen LogP) is 10.0. The van der Waals surface area contributed by atoms with Gasteiger partial charge in [-0.15, -0.1) is 5.10 Å². The van der Waals surface area contributed by atoms with Gasteiger partial charge in [-0.3, -0.25) is 0 Å². The van der Waals surface area contributed by atoms with Crippen LogP contribution in [0.25, 0.3) is 44.7 Å². The molecular formula is C51H42N8O2S. The van der Waals surface area contributed by atoms with Crippen LogP contribution in [0.15, 0.2) is 181 Å². The summed E-state index contributed by atoms with van der Waals surface area (Å²) in [7, 11) is -4.25. The average molecular weight is 831 g/mol. The van der Waals surface area contributed by atoms with Crippen molar-refractivity contribution in [1.29, 1.82) is 0 Å². The molecule has 0 bridgehead atoms. The maximum Gasteiger partial charge on any atom is 0.268 e. The van der Waals surface area contributed by atoms with Crippen molar-refractivity contribution in [3.8, 4) is 22.6 Å². The van der Waals surface area contributed by atoms with Crippen molar-refractivity contribution in [1.82, 2.24) is 38.7 Å². The first-order valence-electron chi connectivity index (χ1n) is 20.6. The van der Waals surface area contributed by atoms with Crippen LogP contribution in [0.5, 0.6) is 0 Å². The van der Waals surface area contributed by atoms with Crippen molar-refractivity contribution in [2.45, 2.75) is 44.2 Å². The van der Waals surface area contributed by atoms with E-state index in [4.69, 9.17) is 20.3 Å². The average Bonchev–Trinajstić information content (AvgIpc) is 4.03. The highest BCUT2D eigenvalue weighted by Crippen LogP contribution is 2.47. The fourth-order valence-electron chi connectivity index (χ4n) is 8.96. The Morgan fingerprint density at radius 2 is 1.21 bits per heavy atom. The molecule has 10 aromatic rings. The molecule has 0 amide bonds. The monoisotopic (exact) mass is 830 g/mol. The van der Waals surface area contributed by atoms with Gasteiger partial charge < -0.3 is 4.57 Å². The highest BCUT2D eigenvalue weighted by molar-refractivity contribution is 7.90. The lowest BCUT2D eigenvalue weighted by atomic mass is 9.77. The summed E-state index contributed by atoms with van der Waals surface area (Å²) in [6.45, 7) is 6.77. The van der Waals surface area contributed by atoms with Crippen LogP contribution in [-0.4, -0.2) is 47.1 Å². The molecule has 0 N–H and O–H groups in total. The van der Waals surface area contributed by atoms with Gasteiger partial charge in [0.05, 0.1) is 17.0 Å². The van der Waals surface area contributed by atoms with E-state index in [-0.39, 0.29) is 10.7 Å². The predicted molar refractivity (Wildman–Crippen MR) is 243 cm³/mol. The zero-order valence-electron chi connectivity index (χ0n) is 34.5. The van der Waals surface area contributed by atoms with Crippen molar-refractivity contribution in [3.63, 3.8) is 0 Å². The first-order valence-corrected chi connectivity index (χ1v) is 22.1. The molecule has 304 valence electrons. The number of hydrogen-bond acceptors (Lipinski definition) is 7. The fraction of sp³-hybridized carbons (Fsp3) is 0.118. The van der Waals surface area contributed by atoms with Crippen LogP contribution in [0.3, 0.4) is 0 Å². The van der Waals surface area contributed by atoms with Gasteiger partial charge in [0.25, 0.3) is 10.0 Å². The molecule has 0 aliphatic rings. The summed E-state index contributed by atoms with van der Waals surface area (Å²) in [5.74, 6) is 1.23. The molecule has 0 aliphatic carbocycles. The van der Waals surface area contributed by atoms with Crippen LogP contribution in [0.1, 0.15) is 46.3 Å². The number of aryl methyl sites for hydroxylation is 3. The van der Waals surface area contributed by atoms with Crippen molar-refractivity contribution in [3.05, 3.63) is 215 Å². The van der Waals surface area contributed by atoms with Crippen molar-refractivity contribution < 1.29 is 8.42 Å². The lowest BCUT2D eigenvalue weighted by Crippen LogP contribution is -2.39. The molecule has 0 fully saturated rings. The molecule has 62 heavy (non-hydrogen) atoms. The molecule has 10 rings (SSSR count). The maximum absolute atomic E-state index is 15.3. The smallest absolute Gasteiger partial charge is 0.268 e. The number of nitrogens with zero attached hydrogens (tertiary/aromatic N) is 8. The number of para-hydroxylation sites is 1. The third-order valence-corrected chi connectivity index (χ3v) is 13.4. The second-order valence-corrected chi connectivity index (χ2v) is 17.3. The van der Waals surface area contributed by atoms with Crippen LogP contribution in [-0.2, 0) is 28.5 Å². The number of tetrazole rings is 1. The van der Waals surface area contributed by atoms with E-state index in [0.717, 1.165) is 67.9 Å². The van der Waals surface area contributed by atoms with Crippen molar-refractivity contribution in [2.75, 3.05) is 0 Å². The van der Waals surface area contributed by atoms with Gasteiger partial charge in [0.15, 0.2) is 5.65 Å². The van der Waals surface area contributed by atoms with Gasteiger partial charge in [-0.05, 0) is 81.9 Å². The van der Waals surface area contributed by atoms with E-state index in [1.807, 2.05) is 91.9 Å². The molecule has 0 saturated heterocycles. The third-order valence-electron chi connectivity index (χ3n) is 11.7. The highest BCUT2D eigenvalue weighted by Gasteiger charge is 2.43. The summed E-state index contributed by atoms with van der Waals surface area (Å²) in [4.78, 5) is 10.0. The number of aromatic nitrogens is 8. The Morgan fingerprint density at radius 3 is 1.81 bits per heavy atom. The standard InChI is InChI=1S/C51H42N8O2S/c1-4-45-53-47-35(2)33-36(3)52-49(47)57(45)34-37-29-31-38(32-30-37)46-43-27-17-18-28-44(43)58(62(60,61)42-25-15-8-16-26-42)48(46)50-54-55-56-59(50)51(39-19-9-5-10-20-39,40-21-11-6-12-22-40)41-23-13-7-14-24-41/h5-33H,4,34H2,1-3H3. The summed E-state index contributed by atoms with van der Waals surface area (Å²) in [5.41, 5.74) is 8.73. The number of benzene rings is 6. The number of imidazole rings is 1. The minimum absolute atomic E-state index is 0.140. The first kappa shape index (κ1) is 38.7. The third kappa shape index (κ3) is 6.23. The van der Waals surface area contributed by atoms with Crippen LogP contribution < -0.4 is 0 Å². The fourth-order valence-corrected chi connectivity index (χ4v) is 10.5. The lowest BCUT2D eigenvalue weighted by Gasteiger charge is -2.36. The SMILES string of the molecule is CCc1nc2c(C)cc(C)nc2n1Cc1ccc(-c2c(-c3nnnn3C(c3ccccc3)(c3ccccc3)c3ccccc3)n(S(=O)(=O)c3ccccc3)c3ccccc23)cc1. The lowest BCUT2D eigenvalue weighted by molar-refractivity contribution is 0.450. The highest BCUT2D eigenvalue weighted by atomic mass is 32.2. The van der Waals surface area contributed by atoms with Gasteiger partial charge in [-0.25, -0.2) is 27.0 Å². The molecule has 10 nitrogen and oxygen atoms in total. The molecule has 0 radical (unpaired) electrons. The normalized spacial score (nSPS) is 12.0. The van der Waals surface area contributed by atoms with E-state index in [0.29, 0.717) is 23.3 Å². The summed E-state index contributed by atoms with van der Waals surface area (Å²) < 4.78 is 36.0. The molecule has 4 aromatic heterocycles. The molecular weight excluding hydrogens is 789 g/mol. The first-order chi connectivity index (χ1) is 30.3. The Labute approximate surface area is 359 Å². The van der Waals surface area contributed by atoms with Crippen molar-refractivity contribution in [2.24, 2.45) is 0 Å². The van der Waals surface area contributed by atoms with Gasteiger partial charge in [0, 0.05) is 23.1 Å².